The summed E-state index contributed by atoms with van der Waals surface area (Å²) >= 11 is 0. The second-order valence-electron chi connectivity index (χ2n) is 14.2. The van der Waals surface area contributed by atoms with E-state index in [1.165, 1.54) is 16.7 Å². The molecule has 3 aromatic heterocycles. The highest BCUT2D eigenvalue weighted by molar-refractivity contribution is 5.37. The van der Waals surface area contributed by atoms with Crippen LogP contribution in [0.3, 0.4) is 0 Å². The molecular formula is C40H46N6. The van der Waals surface area contributed by atoms with E-state index in [2.05, 4.69) is 186 Å². The number of rotatable bonds is 9. The first-order chi connectivity index (χ1) is 21.8. The lowest BCUT2D eigenvalue weighted by molar-refractivity contribution is 0.264. The monoisotopic (exact) mass is 610 g/mol. The molecule has 0 aliphatic rings. The summed E-state index contributed by atoms with van der Waals surface area (Å²) in [5.41, 5.74) is 8.94. The second-order valence-corrected chi connectivity index (χ2v) is 14.2. The Morgan fingerprint density at radius 3 is 0.891 bits per heavy atom. The van der Waals surface area contributed by atoms with Crippen molar-refractivity contribution < 1.29 is 0 Å². The second kappa shape index (κ2) is 11.6. The van der Waals surface area contributed by atoms with Gasteiger partial charge < -0.3 is 0 Å². The molecule has 0 saturated heterocycles. The van der Waals surface area contributed by atoms with Crippen LogP contribution in [-0.4, -0.2) is 29.3 Å². The van der Waals surface area contributed by atoms with E-state index in [1.807, 2.05) is 0 Å². The molecule has 0 N–H and O–H groups in total. The molecule has 0 unspecified atom stereocenters. The summed E-state index contributed by atoms with van der Waals surface area (Å²) in [6.45, 7) is 19.8. The van der Waals surface area contributed by atoms with E-state index in [0.29, 0.717) is 0 Å². The summed E-state index contributed by atoms with van der Waals surface area (Å²) in [5.74, 6) is 0. The lowest BCUT2D eigenvalue weighted by atomic mass is 9.81. The van der Waals surface area contributed by atoms with Crippen LogP contribution in [-0.2, 0) is 16.2 Å². The van der Waals surface area contributed by atoms with Crippen molar-refractivity contribution in [2.45, 2.75) is 84.8 Å². The van der Waals surface area contributed by atoms with Gasteiger partial charge in [-0.1, -0.05) is 133 Å². The molecule has 0 fully saturated rings. The van der Waals surface area contributed by atoms with E-state index in [1.54, 1.807) is 0 Å². The van der Waals surface area contributed by atoms with E-state index < -0.39 is 6.29 Å². The number of hydrogen-bond donors (Lipinski definition) is 0. The van der Waals surface area contributed by atoms with Crippen LogP contribution in [0.25, 0.3) is 0 Å². The van der Waals surface area contributed by atoms with Crippen LogP contribution in [0.2, 0.25) is 0 Å². The van der Waals surface area contributed by atoms with Crippen molar-refractivity contribution in [1.29, 1.82) is 0 Å². The molecule has 6 rings (SSSR count). The summed E-state index contributed by atoms with van der Waals surface area (Å²) in [6, 6.07) is 38.4. The summed E-state index contributed by atoms with van der Waals surface area (Å²) in [5, 5.41) is 16.0. The minimum Gasteiger partial charge on any atom is -0.224 e. The lowest BCUT2D eigenvalue weighted by Crippen LogP contribution is -2.32. The molecule has 0 radical (unpaired) electrons. The van der Waals surface area contributed by atoms with Gasteiger partial charge in [-0.25, -0.2) is 14.0 Å². The molecular weight excluding hydrogens is 564 g/mol. The van der Waals surface area contributed by atoms with Crippen molar-refractivity contribution in [1.82, 2.24) is 29.3 Å². The van der Waals surface area contributed by atoms with Crippen LogP contribution in [0.1, 0.15) is 98.7 Å². The normalized spacial score (nSPS) is 12.7. The van der Waals surface area contributed by atoms with Crippen LogP contribution >= 0.6 is 0 Å². The lowest BCUT2D eigenvalue weighted by Gasteiger charge is -2.26. The molecule has 6 nitrogen and oxygen atoms in total. The third kappa shape index (κ3) is 5.40. The van der Waals surface area contributed by atoms with Gasteiger partial charge in [0.1, 0.15) is 0 Å². The maximum Gasteiger partial charge on any atom is 0.238 e. The Labute approximate surface area is 273 Å². The van der Waals surface area contributed by atoms with Gasteiger partial charge in [0, 0.05) is 33.3 Å². The van der Waals surface area contributed by atoms with E-state index in [4.69, 9.17) is 15.3 Å². The summed E-state index contributed by atoms with van der Waals surface area (Å²) < 4.78 is 6.29. The van der Waals surface area contributed by atoms with Gasteiger partial charge in [0.2, 0.25) is 6.29 Å². The predicted octanol–water partition coefficient (Wildman–Crippen LogP) is 8.73. The zero-order chi connectivity index (χ0) is 32.9. The van der Waals surface area contributed by atoms with Gasteiger partial charge in [-0.05, 0) is 55.7 Å². The number of hydrogen-bond acceptors (Lipinski definition) is 3. The Bertz CT molecular complexity index is 1710. The fourth-order valence-electron chi connectivity index (χ4n) is 6.40. The van der Waals surface area contributed by atoms with Crippen molar-refractivity contribution in [3.8, 4) is 0 Å². The maximum atomic E-state index is 5.35. The van der Waals surface area contributed by atoms with Gasteiger partial charge in [-0.15, -0.1) is 0 Å². The Kier molecular flexibility index (Phi) is 7.87. The average molecular weight is 611 g/mol. The van der Waals surface area contributed by atoms with E-state index >= 15 is 0 Å². The molecule has 0 amide bonds. The molecule has 0 aliphatic carbocycles. The van der Waals surface area contributed by atoms with E-state index in [0.717, 1.165) is 34.2 Å². The standard InChI is InChI=1S/C40H46N6/c1-28-25-34(38(4,5)31-19-13-10-14-20-31)41-44(28)37(45-29(2)26-35(42-45)39(6,7)32-21-15-11-16-22-32)46-30(3)27-36(43-46)40(8,9)33-23-17-12-18-24-33/h10-27,37H,1-9H3. The SMILES string of the molecule is Cc1cc(C(C)(C)c2ccccc2)nn1C(n1nc(C(C)(C)c2ccccc2)cc1C)n1nc(C(C)(C)c2ccccc2)cc1C. The Morgan fingerprint density at radius 1 is 0.413 bits per heavy atom. The van der Waals surface area contributed by atoms with Crippen molar-refractivity contribution >= 4 is 0 Å². The first kappa shape index (κ1) is 31.3. The molecule has 6 heteroatoms. The third-order valence-electron chi connectivity index (χ3n) is 9.83. The molecule has 0 saturated carbocycles. The molecule has 0 bridgehead atoms. The first-order valence-corrected chi connectivity index (χ1v) is 16.2. The molecule has 236 valence electrons. The Morgan fingerprint density at radius 2 is 0.652 bits per heavy atom. The topological polar surface area (TPSA) is 53.5 Å². The fourth-order valence-corrected chi connectivity index (χ4v) is 6.40. The zero-order valence-corrected chi connectivity index (χ0v) is 28.7. The van der Waals surface area contributed by atoms with E-state index in [9.17, 15) is 0 Å². The summed E-state index contributed by atoms with van der Waals surface area (Å²) in [4.78, 5) is 0. The van der Waals surface area contributed by atoms with Crippen LogP contribution in [0.15, 0.2) is 109 Å². The average Bonchev–Trinajstić information content (AvgIpc) is 3.76. The number of aryl methyl sites for hydroxylation is 3. The van der Waals surface area contributed by atoms with Gasteiger partial charge in [0.15, 0.2) is 0 Å². The quantitative estimate of drug-likeness (QED) is 0.165. The molecule has 46 heavy (non-hydrogen) atoms. The van der Waals surface area contributed by atoms with Crippen LogP contribution in [0.5, 0.6) is 0 Å². The van der Waals surface area contributed by atoms with Crippen LogP contribution < -0.4 is 0 Å². The minimum atomic E-state index is -0.444. The highest BCUT2D eigenvalue weighted by Crippen LogP contribution is 2.36. The van der Waals surface area contributed by atoms with Gasteiger partial charge in [0.05, 0.1) is 17.1 Å². The molecule has 0 aliphatic heterocycles. The highest BCUT2D eigenvalue weighted by atomic mass is 15.6. The molecule has 0 spiro atoms. The zero-order valence-electron chi connectivity index (χ0n) is 28.7. The van der Waals surface area contributed by atoms with Crippen molar-refractivity contribution in [2.24, 2.45) is 0 Å². The minimum absolute atomic E-state index is 0.291. The van der Waals surface area contributed by atoms with Crippen LogP contribution in [0.4, 0.5) is 0 Å². The van der Waals surface area contributed by atoms with Gasteiger partial charge >= 0.3 is 0 Å². The molecule has 0 atom stereocenters. The van der Waals surface area contributed by atoms with Gasteiger partial charge in [-0.2, -0.15) is 15.3 Å². The number of benzene rings is 3. The van der Waals surface area contributed by atoms with Crippen LogP contribution in [0, 0.1) is 20.8 Å². The Balaban J connectivity index is 1.53. The number of aromatic nitrogens is 6. The highest BCUT2D eigenvalue weighted by Gasteiger charge is 2.34. The first-order valence-electron chi connectivity index (χ1n) is 16.2. The van der Waals surface area contributed by atoms with E-state index in [-0.39, 0.29) is 16.2 Å². The summed E-state index contributed by atoms with van der Waals surface area (Å²) in [6.07, 6.45) is -0.444. The third-order valence-corrected chi connectivity index (χ3v) is 9.83. The summed E-state index contributed by atoms with van der Waals surface area (Å²) in [7, 11) is 0. The fraction of sp³-hybridized carbons (Fsp3) is 0.325. The number of nitrogens with zero attached hydrogens (tertiary/aromatic N) is 6. The van der Waals surface area contributed by atoms with Crippen molar-refractivity contribution in [3.63, 3.8) is 0 Å². The van der Waals surface area contributed by atoms with Crippen molar-refractivity contribution in [2.75, 3.05) is 0 Å². The smallest absolute Gasteiger partial charge is 0.224 e. The molecule has 6 aromatic rings. The molecule has 3 heterocycles. The largest absolute Gasteiger partial charge is 0.238 e. The van der Waals surface area contributed by atoms with Gasteiger partial charge in [0.25, 0.3) is 0 Å². The molecule has 3 aromatic carbocycles. The maximum absolute atomic E-state index is 5.35. The van der Waals surface area contributed by atoms with Gasteiger partial charge in [-0.3, -0.25) is 0 Å². The van der Waals surface area contributed by atoms with Crippen molar-refractivity contribution in [3.05, 3.63) is 160 Å². The predicted molar refractivity (Wildman–Crippen MR) is 186 cm³/mol. The Hall–Kier alpha value is -4.71.